The lowest BCUT2D eigenvalue weighted by atomic mass is 10.0. The van der Waals surface area contributed by atoms with Gasteiger partial charge in [0.15, 0.2) is 0 Å². The topological polar surface area (TPSA) is 52.8 Å². The van der Waals surface area contributed by atoms with Crippen LogP contribution in [0, 0.1) is 0 Å². The molecule has 2 aliphatic heterocycles. The summed E-state index contributed by atoms with van der Waals surface area (Å²) in [6.07, 6.45) is -2.42. The first-order valence-electron chi connectivity index (χ1n) is 11.1. The number of nitrogens with zero attached hydrogens (tertiary/aromatic N) is 4. The summed E-state index contributed by atoms with van der Waals surface area (Å²) in [4.78, 5) is 19.1. The molecule has 1 amide bonds. The van der Waals surface area contributed by atoms with Crippen LogP contribution in [-0.2, 0) is 6.18 Å². The quantitative estimate of drug-likeness (QED) is 0.697. The van der Waals surface area contributed by atoms with Gasteiger partial charge in [0.2, 0.25) is 5.76 Å². The number of alkyl halides is 3. The fraction of sp³-hybridized carbons (Fsp3) is 0.565. The lowest BCUT2D eigenvalue weighted by Crippen LogP contribution is -2.55. The summed E-state index contributed by atoms with van der Waals surface area (Å²) in [6.45, 7) is 8.14. The number of halogens is 3. The molecule has 2 aliphatic rings. The van der Waals surface area contributed by atoms with Crippen molar-refractivity contribution in [1.29, 1.82) is 0 Å². The Kier molecular flexibility index (Phi) is 6.46. The summed E-state index contributed by atoms with van der Waals surface area (Å²) in [5.41, 5.74) is 0.755. The van der Waals surface area contributed by atoms with Crippen molar-refractivity contribution in [3.63, 3.8) is 0 Å². The Hall–Kier alpha value is -2.55. The number of anilines is 1. The lowest BCUT2D eigenvalue weighted by molar-refractivity contribution is -0.137. The van der Waals surface area contributed by atoms with E-state index in [9.17, 15) is 18.0 Å². The molecular formula is C23H29F3N4O2. The molecule has 0 saturated carbocycles. The van der Waals surface area contributed by atoms with Crippen LogP contribution in [0.2, 0.25) is 0 Å². The molecule has 0 spiro atoms. The van der Waals surface area contributed by atoms with Gasteiger partial charge in [-0.25, -0.2) is 0 Å². The molecule has 0 aliphatic carbocycles. The maximum atomic E-state index is 13.0. The first-order valence-corrected chi connectivity index (χ1v) is 11.1. The number of amides is 1. The monoisotopic (exact) mass is 450 g/mol. The molecule has 174 valence electrons. The Morgan fingerprint density at radius 2 is 1.88 bits per heavy atom. The molecule has 9 heteroatoms. The fourth-order valence-electron chi connectivity index (χ4n) is 4.48. The first-order chi connectivity index (χ1) is 15.2. The van der Waals surface area contributed by atoms with Gasteiger partial charge in [-0.15, -0.1) is 0 Å². The third-order valence-electron chi connectivity index (χ3n) is 6.38. The van der Waals surface area contributed by atoms with Crippen LogP contribution in [-0.4, -0.2) is 66.2 Å². The van der Waals surface area contributed by atoms with Gasteiger partial charge in [-0.2, -0.15) is 13.2 Å². The van der Waals surface area contributed by atoms with Crippen LogP contribution in [0.1, 0.15) is 54.4 Å². The smallest absolute Gasteiger partial charge is 0.369 e. The number of piperazine rings is 1. The summed E-state index contributed by atoms with van der Waals surface area (Å²) in [7, 11) is 0. The van der Waals surface area contributed by atoms with Gasteiger partial charge in [-0.05, 0) is 37.0 Å². The summed E-state index contributed by atoms with van der Waals surface area (Å²) < 4.78 is 44.4. The van der Waals surface area contributed by atoms with Crippen LogP contribution in [0.3, 0.4) is 0 Å². The van der Waals surface area contributed by atoms with E-state index < -0.39 is 11.7 Å². The van der Waals surface area contributed by atoms with Crippen LogP contribution >= 0.6 is 0 Å². The van der Waals surface area contributed by atoms with Crippen molar-refractivity contribution in [2.45, 2.75) is 44.8 Å². The van der Waals surface area contributed by atoms with Crippen LogP contribution in [0.5, 0.6) is 0 Å². The van der Waals surface area contributed by atoms with E-state index in [4.69, 9.17) is 4.52 Å². The maximum absolute atomic E-state index is 13.0. The zero-order valence-corrected chi connectivity index (χ0v) is 18.4. The Bertz CT molecular complexity index is 935. The second-order valence-corrected chi connectivity index (χ2v) is 8.89. The number of carbonyl (C=O) groups is 1. The molecule has 1 atom stereocenters. The minimum Gasteiger partial charge on any atom is -0.369 e. The summed E-state index contributed by atoms with van der Waals surface area (Å²) in [5, 5.41) is 3.99. The Morgan fingerprint density at radius 1 is 1.12 bits per heavy atom. The van der Waals surface area contributed by atoms with Crippen LogP contribution in [0.15, 0.2) is 34.9 Å². The Labute approximate surface area is 185 Å². The largest absolute Gasteiger partial charge is 0.416 e. The second kappa shape index (κ2) is 9.13. The highest BCUT2D eigenvalue weighted by Gasteiger charge is 2.33. The highest BCUT2D eigenvalue weighted by Crippen LogP contribution is 2.32. The highest BCUT2D eigenvalue weighted by molar-refractivity contribution is 5.91. The zero-order chi connectivity index (χ0) is 22.9. The first kappa shape index (κ1) is 22.6. The third kappa shape index (κ3) is 4.92. The zero-order valence-electron chi connectivity index (χ0n) is 18.4. The van der Waals surface area contributed by atoms with Crippen molar-refractivity contribution < 1.29 is 22.5 Å². The van der Waals surface area contributed by atoms with E-state index in [0.717, 1.165) is 37.7 Å². The van der Waals surface area contributed by atoms with Crippen molar-refractivity contribution in [3.8, 4) is 0 Å². The molecule has 2 aromatic rings. The second-order valence-electron chi connectivity index (χ2n) is 8.89. The van der Waals surface area contributed by atoms with Gasteiger partial charge < -0.3 is 14.3 Å². The summed E-state index contributed by atoms with van der Waals surface area (Å²) >= 11 is 0. The van der Waals surface area contributed by atoms with E-state index >= 15 is 0 Å². The van der Waals surface area contributed by atoms with Gasteiger partial charge in [-0.3, -0.25) is 9.69 Å². The van der Waals surface area contributed by atoms with E-state index in [1.807, 2.05) is 23.6 Å². The molecule has 2 saturated heterocycles. The van der Waals surface area contributed by atoms with Gasteiger partial charge in [0.05, 0.1) is 11.3 Å². The molecule has 0 N–H and O–H groups in total. The molecule has 0 unspecified atom stereocenters. The number of benzene rings is 1. The maximum Gasteiger partial charge on any atom is 0.416 e. The van der Waals surface area contributed by atoms with Crippen molar-refractivity contribution >= 4 is 11.6 Å². The minimum atomic E-state index is -4.34. The Balaban J connectivity index is 1.35. The van der Waals surface area contributed by atoms with Gasteiger partial charge >= 0.3 is 6.18 Å². The van der Waals surface area contributed by atoms with Gasteiger partial charge in [0, 0.05) is 57.1 Å². The SMILES string of the molecule is CC(C)c1cc(C(=O)N2CCC[C@@H](N3CCN(c4cccc(C(F)(F)F)c4)CC3)C2)on1. The number of aromatic nitrogens is 1. The van der Waals surface area contributed by atoms with E-state index in [2.05, 4.69) is 10.1 Å². The minimum absolute atomic E-state index is 0.128. The molecule has 2 fully saturated rings. The number of carbonyl (C=O) groups excluding carboxylic acids is 1. The van der Waals surface area contributed by atoms with E-state index in [1.54, 1.807) is 12.1 Å². The average Bonchev–Trinajstić information content (AvgIpc) is 3.29. The molecule has 4 rings (SSSR count). The molecular weight excluding hydrogens is 421 g/mol. The molecule has 1 aromatic heterocycles. The summed E-state index contributed by atoms with van der Waals surface area (Å²) in [6, 6.07) is 7.48. The predicted molar refractivity (Wildman–Crippen MR) is 115 cm³/mol. The van der Waals surface area contributed by atoms with E-state index in [0.29, 0.717) is 31.9 Å². The van der Waals surface area contributed by atoms with Gasteiger partial charge in [0.25, 0.3) is 5.91 Å². The normalized spacial score (nSPS) is 20.8. The van der Waals surface area contributed by atoms with Gasteiger partial charge in [-0.1, -0.05) is 25.1 Å². The van der Waals surface area contributed by atoms with Crippen molar-refractivity contribution in [2.75, 3.05) is 44.2 Å². The molecule has 1 aromatic carbocycles. The number of piperidine rings is 1. The molecule has 3 heterocycles. The average molecular weight is 451 g/mol. The van der Waals surface area contributed by atoms with E-state index in [-0.39, 0.29) is 23.6 Å². The van der Waals surface area contributed by atoms with Crippen LogP contribution in [0.4, 0.5) is 18.9 Å². The Morgan fingerprint density at radius 3 is 2.53 bits per heavy atom. The van der Waals surface area contributed by atoms with Crippen LogP contribution in [0.25, 0.3) is 0 Å². The number of rotatable bonds is 4. The molecule has 6 nitrogen and oxygen atoms in total. The highest BCUT2D eigenvalue weighted by atomic mass is 19.4. The lowest BCUT2D eigenvalue weighted by Gasteiger charge is -2.43. The number of likely N-dealkylation sites (tertiary alicyclic amines) is 1. The molecule has 32 heavy (non-hydrogen) atoms. The molecule has 0 radical (unpaired) electrons. The number of hydrogen-bond acceptors (Lipinski definition) is 5. The summed E-state index contributed by atoms with van der Waals surface area (Å²) in [5.74, 6) is 0.350. The van der Waals surface area contributed by atoms with Crippen molar-refractivity contribution in [3.05, 3.63) is 47.3 Å². The fourth-order valence-corrected chi connectivity index (χ4v) is 4.48. The van der Waals surface area contributed by atoms with Crippen LogP contribution < -0.4 is 4.90 Å². The van der Waals surface area contributed by atoms with E-state index in [1.165, 1.54) is 12.1 Å². The molecule has 0 bridgehead atoms. The van der Waals surface area contributed by atoms with Gasteiger partial charge in [0.1, 0.15) is 0 Å². The van der Waals surface area contributed by atoms with Crippen molar-refractivity contribution in [2.24, 2.45) is 0 Å². The third-order valence-corrected chi connectivity index (χ3v) is 6.38. The van der Waals surface area contributed by atoms with Crippen molar-refractivity contribution in [1.82, 2.24) is 15.0 Å². The number of hydrogen-bond donors (Lipinski definition) is 0. The standard InChI is InChI=1S/C23H29F3N4O2/c1-16(2)20-14-21(32-27-20)22(31)30-8-4-7-19(15-30)29-11-9-28(10-12-29)18-6-3-5-17(13-18)23(24,25)26/h3,5-6,13-14,16,19H,4,7-12,15H2,1-2H3/t19-/m1/s1. The predicted octanol–water partition coefficient (Wildman–Crippen LogP) is 4.24.